The summed E-state index contributed by atoms with van der Waals surface area (Å²) in [5, 5.41) is 80.3. The lowest BCUT2D eigenvalue weighted by atomic mass is 9.48. The van der Waals surface area contributed by atoms with Gasteiger partial charge in [-0.15, -0.1) is 0 Å². The van der Waals surface area contributed by atoms with Gasteiger partial charge in [0.15, 0.2) is 0 Å². The summed E-state index contributed by atoms with van der Waals surface area (Å²) in [4.78, 5) is 44.7. The zero-order valence-corrected chi connectivity index (χ0v) is 45.7. The van der Waals surface area contributed by atoms with Gasteiger partial charge >= 0.3 is 11.9 Å². The second kappa shape index (κ2) is 22.4. The lowest BCUT2D eigenvalue weighted by molar-refractivity contribution is -0.228. The molecular weight excluding hydrogens is 989 g/mol. The van der Waals surface area contributed by atoms with Gasteiger partial charge in [-0.05, 0) is 159 Å². The van der Waals surface area contributed by atoms with E-state index in [0.717, 1.165) is 80.9 Å². The number of esters is 2. The van der Waals surface area contributed by atoms with Gasteiger partial charge in [0.1, 0.15) is 40.7 Å². The number of aromatic hydroxyl groups is 1. The van der Waals surface area contributed by atoms with Gasteiger partial charge in [0, 0.05) is 73.7 Å². The molecule has 78 heavy (non-hydrogen) atoms. The molecule has 0 spiro atoms. The molecule has 5 aliphatic carbocycles. The summed E-state index contributed by atoms with van der Waals surface area (Å²) < 4.78 is 18.6. The topological polar surface area (TPSA) is 224 Å². The van der Waals surface area contributed by atoms with Crippen molar-refractivity contribution in [1.82, 2.24) is 5.32 Å². The van der Waals surface area contributed by atoms with Crippen LogP contribution in [0.1, 0.15) is 172 Å². The first-order valence-corrected chi connectivity index (χ1v) is 29.2. The van der Waals surface area contributed by atoms with E-state index in [1.165, 1.54) is 14.0 Å². The number of anilines is 1. The second-order valence-electron chi connectivity index (χ2n) is 24.8. The monoisotopic (exact) mass is 1070 g/mol. The van der Waals surface area contributed by atoms with Crippen LogP contribution in [0.4, 0.5) is 5.69 Å². The number of methoxy groups -OCH3 is 1. The highest BCUT2D eigenvalue weighted by Gasteiger charge is 2.62. The van der Waals surface area contributed by atoms with Gasteiger partial charge in [0.2, 0.25) is 0 Å². The van der Waals surface area contributed by atoms with E-state index < -0.39 is 65.3 Å². The van der Waals surface area contributed by atoms with Crippen LogP contribution >= 0.6 is 0 Å². The number of aryl methyl sites for hydroxylation is 1. The fourth-order valence-corrected chi connectivity index (χ4v) is 15.7. The Bertz CT molecular complexity index is 2900. The van der Waals surface area contributed by atoms with Crippen molar-refractivity contribution in [2.45, 2.75) is 182 Å². The average molecular weight is 1070 g/mol. The molecule has 14 heteroatoms. The molecule has 3 aromatic carbocycles. The molecule has 0 unspecified atom stereocenters. The molecule has 11 bridgehead atoms. The third-order valence-corrected chi connectivity index (χ3v) is 19.9. The largest absolute Gasteiger partial charge is 0.507 e. The van der Waals surface area contributed by atoms with Crippen molar-refractivity contribution in [3.63, 3.8) is 0 Å². The summed E-state index contributed by atoms with van der Waals surface area (Å²) >= 11 is 0. The zero-order valence-electron chi connectivity index (χ0n) is 45.7. The standard InChI is InChI=1S/C64H80N2O12/c1-63(74,56(70)33-76-3)34-66-45-24-42(23-43(25-45)55(69)32-65-2)38-15-16-39-31-58(71)78-61-47(39)28-44(60(72)59(61)37-9-5-4-6-10-37)30-57-64(75)51-12-8-7-11-40(51)27-48-49(53(67)20-19-52(48)64)22-35-13-14-36-17-18-46(50(26-38)62(73)77-57)54(68)29-41(36)21-35/h13-14,21,23-25,28,37-40,48-49,51-52,54-57,65-66,68-70,72,74-75H,4-12,17-20,22,26-27,29-34H2,1-3H3/b50-46+/t38-,39+,40-,48+,49-,51-,52+,54-,55-,56+,57+,63+,64-/m0/s1. The molecule has 3 aliphatic heterocycles. The van der Waals surface area contributed by atoms with E-state index in [1.54, 1.807) is 13.1 Å². The Morgan fingerprint density at radius 1 is 0.846 bits per heavy atom. The van der Waals surface area contributed by atoms with Crippen LogP contribution in [-0.2, 0) is 49.5 Å². The van der Waals surface area contributed by atoms with Gasteiger partial charge in [-0.2, -0.15) is 0 Å². The maximum Gasteiger partial charge on any atom is 0.334 e. The molecule has 4 saturated carbocycles. The number of ketones is 1. The molecule has 8 N–H and O–H groups in total. The molecule has 14 nitrogen and oxygen atoms in total. The quantitative estimate of drug-likeness (QED) is 0.0531. The van der Waals surface area contributed by atoms with Crippen molar-refractivity contribution in [3.05, 3.63) is 98.1 Å². The van der Waals surface area contributed by atoms with Crippen LogP contribution in [0.15, 0.2) is 53.6 Å². The maximum absolute atomic E-state index is 16.2. The smallest absolute Gasteiger partial charge is 0.334 e. The minimum atomic E-state index is -1.63. The van der Waals surface area contributed by atoms with Gasteiger partial charge in [0.25, 0.3) is 0 Å². The van der Waals surface area contributed by atoms with E-state index in [1.807, 2.05) is 18.2 Å². The summed E-state index contributed by atoms with van der Waals surface area (Å²) in [5.41, 5.74) is 3.81. The van der Waals surface area contributed by atoms with Crippen molar-refractivity contribution in [2.75, 3.05) is 39.2 Å². The van der Waals surface area contributed by atoms with Crippen LogP contribution in [0.25, 0.3) is 0 Å². The first-order chi connectivity index (χ1) is 37.5. The summed E-state index contributed by atoms with van der Waals surface area (Å²) in [5.74, 6) is 3.62. The average Bonchev–Trinajstić information content (AvgIpc) is 3.48. The molecule has 418 valence electrons. The highest BCUT2D eigenvalue weighted by atomic mass is 16.6. The molecule has 11 rings (SSSR count). The lowest BCUT2D eigenvalue weighted by Gasteiger charge is -2.59. The zero-order chi connectivity index (χ0) is 54.6. The highest BCUT2D eigenvalue weighted by Crippen LogP contribution is 2.59. The third kappa shape index (κ3) is 10.5. The first-order valence-electron chi connectivity index (χ1n) is 29.2. The molecule has 3 heterocycles. The minimum Gasteiger partial charge on any atom is -0.507 e. The summed E-state index contributed by atoms with van der Waals surface area (Å²) in [6.07, 6.45) is 6.34. The molecule has 4 fully saturated rings. The van der Waals surface area contributed by atoms with Gasteiger partial charge in [0.05, 0.1) is 31.2 Å². The molecule has 0 aromatic heterocycles. The van der Waals surface area contributed by atoms with E-state index in [2.05, 4.69) is 40.7 Å². The van der Waals surface area contributed by atoms with Crippen molar-refractivity contribution in [3.8, 4) is 23.3 Å². The number of hydrogen-bond acceptors (Lipinski definition) is 14. The Hall–Kier alpha value is -5.11. The van der Waals surface area contributed by atoms with Crippen molar-refractivity contribution >= 4 is 23.4 Å². The third-order valence-electron chi connectivity index (χ3n) is 19.9. The van der Waals surface area contributed by atoms with Gasteiger partial charge in [-0.25, -0.2) is 4.79 Å². The van der Waals surface area contributed by atoms with Crippen LogP contribution in [0.3, 0.4) is 0 Å². The number of ether oxygens (including phenoxy) is 3. The number of nitrogens with one attached hydrogen (secondary N) is 2. The van der Waals surface area contributed by atoms with Crippen LogP contribution in [0, 0.1) is 41.4 Å². The van der Waals surface area contributed by atoms with Crippen LogP contribution in [0.2, 0.25) is 0 Å². The first kappa shape index (κ1) is 54.8. The van der Waals surface area contributed by atoms with Crippen LogP contribution in [0.5, 0.6) is 11.5 Å². The molecule has 0 amide bonds. The molecule has 3 aromatic rings. The number of phenolic OH excluding ortho intramolecular Hbond substituents is 1. The number of hydrogen-bond donors (Lipinski definition) is 8. The maximum atomic E-state index is 16.2. The number of carbonyl (C=O) groups is 3. The van der Waals surface area contributed by atoms with Crippen molar-refractivity contribution in [2.24, 2.45) is 29.6 Å². The highest BCUT2D eigenvalue weighted by molar-refractivity contribution is 5.90. The summed E-state index contributed by atoms with van der Waals surface area (Å²) in [6, 6.07) is 13.7. The van der Waals surface area contributed by atoms with Gasteiger partial charge < -0.3 is 55.5 Å². The molecule has 0 radical (unpaired) electrons. The number of fused-ring (bicyclic) bond motifs is 10. The number of phenols is 1. The van der Waals surface area contributed by atoms with Crippen LogP contribution < -0.4 is 15.4 Å². The van der Waals surface area contributed by atoms with Gasteiger partial charge in [-0.3, -0.25) is 9.59 Å². The Balaban J connectivity index is 1.15. The number of aliphatic hydroxyl groups is 5. The lowest BCUT2D eigenvalue weighted by Crippen LogP contribution is -2.66. The Labute approximate surface area is 458 Å². The van der Waals surface area contributed by atoms with E-state index in [4.69, 9.17) is 14.2 Å². The summed E-state index contributed by atoms with van der Waals surface area (Å²) in [7, 11) is 3.18. The van der Waals surface area contributed by atoms with E-state index in [0.29, 0.717) is 70.5 Å². The Morgan fingerprint density at radius 2 is 1.63 bits per heavy atom. The number of Topliss-reactive ketones (excluding diaryl/α,β-unsaturated/α-hetero) is 1. The Kier molecular flexibility index (Phi) is 15.8. The predicted octanol–water partition coefficient (Wildman–Crippen LogP) is 7.46. The molecular formula is C64H80N2O12. The van der Waals surface area contributed by atoms with Crippen molar-refractivity contribution < 1.29 is 59.2 Å². The molecule has 0 saturated heterocycles. The van der Waals surface area contributed by atoms with Crippen LogP contribution in [-0.4, -0.2) is 112 Å². The molecule has 13 atom stereocenters. The number of benzene rings is 3. The van der Waals surface area contributed by atoms with E-state index >= 15 is 4.79 Å². The number of likely N-dealkylation sites (N-methyl/N-ethyl adjacent to an activating group) is 1. The molecule has 8 aliphatic rings. The summed E-state index contributed by atoms with van der Waals surface area (Å²) in [6.45, 7) is 1.50. The number of rotatable bonds is 11. The number of aliphatic hydroxyl groups excluding tert-OH is 3. The van der Waals surface area contributed by atoms with Crippen molar-refractivity contribution in [1.29, 1.82) is 0 Å². The SMILES string of the molecule is CNC[C@H](O)c1cc(NC[C@@](C)(O)[C@H](O)COC)cc([C@H]2C#C[C@@H]3CC(=O)Oc4c3cc(c(O)c4C3CCCCC3)C[C@H]3OC(=O)/C(=C4\CCc5ccc(cc5C[C@@H]4O)C[C@@H]4C(=O)CC[C@@H]5[C@@H]4C[C@@H]4CCCC[C@@H]4[C@]53O)C2)c1. The van der Waals surface area contributed by atoms with E-state index in [-0.39, 0.29) is 98.5 Å². The fourth-order valence-electron chi connectivity index (χ4n) is 15.7. The predicted molar refractivity (Wildman–Crippen MR) is 293 cm³/mol. The second-order valence-corrected chi connectivity index (χ2v) is 24.8. The Morgan fingerprint density at radius 3 is 2.42 bits per heavy atom. The minimum absolute atomic E-state index is 0.0205. The van der Waals surface area contributed by atoms with E-state index in [9.17, 15) is 40.2 Å². The fraction of sp³-hybridized carbons (Fsp3) is 0.609. The normalized spacial score (nSPS) is 32.5. The van der Waals surface area contributed by atoms with Gasteiger partial charge in [-0.1, -0.05) is 74.6 Å². The number of carbonyl (C=O) groups excluding carboxylic acids is 3.